The minimum Gasteiger partial charge on any atom is -0.466 e. The van der Waals surface area contributed by atoms with E-state index in [0.717, 1.165) is 10.0 Å². The lowest BCUT2D eigenvalue weighted by molar-refractivity contribution is -0.136. The van der Waals surface area contributed by atoms with Gasteiger partial charge >= 0.3 is 5.97 Å². The molecule has 21 heavy (non-hydrogen) atoms. The standard InChI is InChI=1S/C15H13BrN2O3/c1-8-12(15(19)20-2)13(11(7-17)14(18)21-8)9-4-3-5-10(16)6-9/h3-6,11,13,18H,1-2H3. The topological polar surface area (TPSA) is 83.2 Å². The average molecular weight is 349 g/mol. The van der Waals surface area contributed by atoms with Crippen LogP contribution in [0, 0.1) is 22.7 Å². The van der Waals surface area contributed by atoms with Crippen molar-refractivity contribution in [2.45, 2.75) is 12.8 Å². The lowest BCUT2D eigenvalue weighted by Gasteiger charge is -2.30. The number of halogens is 1. The molecule has 2 unspecified atom stereocenters. The molecule has 0 saturated carbocycles. The zero-order valence-electron chi connectivity index (χ0n) is 11.5. The van der Waals surface area contributed by atoms with Crippen LogP contribution in [0.1, 0.15) is 18.4 Å². The van der Waals surface area contributed by atoms with Crippen LogP contribution in [0.15, 0.2) is 40.1 Å². The van der Waals surface area contributed by atoms with E-state index in [1.807, 2.05) is 30.3 Å². The van der Waals surface area contributed by atoms with Crippen molar-refractivity contribution in [2.24, 2.45) is 5.92 Å². The molecule has 1 N–H and O–H groups in total. The molecule has 0 saturated heterocycles. The van der Waals surface area contributed by atoms with E-state index in [-0.39, 0.29) is 11.5 Å². The van der Waals surface area contributed by atoms with Gasteiger partial charge in [-0.1, -0.05) is 28.1 Å². The van der Waals surface area contributed by atoms with Gasteiger partial charge in [0.2, 0.25) is 5.90 Å². The van der Waals surface area contributed by atoms with Crippen LogP contribution in [-0.4, -0.2) is 19.0 Å². The summed E-state index contributed by atoms with van der Waals surface area (Å²) in [7, 11) is 1.28. The van der Waals surface area contributed by atoms with E-state index in [1.165, 1.54) is 7.11 Å². The third-order valence-electron chi connectivity index (χ3n) is 3.32. The van der Waals surface area contributed by atoms with Crippen molar-refractivity contribution in [3.63, 3.8) is 0 Å². The summed E-state index contributed by atoms with van der Waals surface area (Å²) in [5.41, 5.74) is 1.03. The number of carbonyl (C=O) groups is 1. The van der Waals surface area contributed by atoms with Gasteiger partial charge in [-0.15, -0.1) is 0 Å². The molecule has 2 atom stereocenters. The van der Waals surface area contributed by atoms with Crippen molar-refractivity contribution in [1.29, 1.82) is 10.7 Å². The summed E-state index contributed by atoms with van der Waals surface area (Å²) in [6, 6.07) is 9.35. The number of carbonyl (C=O) groups excluding carboxylic acids is 1. The summed E-state index contributed by atoms with van der Waals surface area (Å²) in [6.07, 6.45) is 0. The number of esters is 1. The van der Waals surface area contributed by atoms with Crippen LogP contribution >= 0.6 is 15.9 Å². The maximum Gasteiger partial charge on any atom is 0.337 e. The van der Waals surface area contributed by atoms with Crippen LogP contribution in [0.3, 0.4) is 0 Å². The number of hydrogen-bond acceptors (Lipinski definition) is 5. The summed E-state index contributed by atoms with van der Waals surface area (Å²) in [5.74, 6) is -1.86. The quantitative estimate of drug-likeness (QED) is 0.832. The Labute approximate surface area is 130 Å². The minimum atomic E-state index is -0.864. The van der Waals surface area contributed by atoms with Crippen molar-refractivity contribution < 1.29 is 14.3 Å². The fraction of sp³-hybridized carbons (Fsp3) is 0.267. The number of hydrogen-bond donors (Lipinski definition) is 1. The summed E-state index contributed by atoms with van der Waals surface area (Å²) >= 11 is 3.37. The lowest BCUT2D eigenvalue weighted by Crippen LogP contribution is -2.32. The second-order valence-electron chi connectivity index (χ2n) is 4.57. The van der Waals surface area contributed by atoms with E-state index < -0.39 is 17.8 Å². The van der Waals surface area contributed by atoms with E-state index in [1.54, 1.807) is 6.92 Å². The fourth-order valence-electron chi connectivity index (χ4n) is 2.39. The predicted octanol–water partition coefficient (Wildman–Crippen LogP) is 3.13. The Hall–Kier alpha value is -2.13. The predicted molar refractivity (Wildman–Crippen MR) is 79.5 cm³/mol. The van der Waals surface area contributed by atoms with Gasteiger partial charge in [-0.2, -0.15) is 5.26 Å². The smallest absolute Gasteiger partial charge is 0.337 e. The Bertz CT molecular complexity index is 676. The third kappa shape index (κ3) is 2.83. The molecule has 0 radical (unpaired) electrons. The van der Waals surface area contributed by atoms with E-state index in [0.29, 0.717) is 5.76 Å². The molecule has 1 aromatic rings. The average Bonchev–Trinajstić information content (AvgIpc) is 2.45. The van der Waals surface area contributed by atoms with Gasteiger partial charge in [0, 0.05) is 10.4 Å². The molecule has 0 bridgehead atoms. The molecule has 1 heterocycles. The molecule has 6 heteroatoms. The lowest BCUT2D eigenvalue weighted by atomic mass is 9.79. The summed E-state index contributed by atoms with van der Waals surface area (Å²) in [6.45, 7) is 1.60. The maximum atomic E-state index is 12.1. The highest BCUT2D eigenvalue weighted by atomic mass is 79.9. The van der Waals surface area contributed by atoms with E-state index in [9.17, 15) is 10.1 Å². The number of allylic oxidation sites excluding steroid dienone is 1. The molecular weight excluding hydrogens is 336 g/mol. The Balaban J connectivity index is 2.64. The largest absolute Gasteiger partial charge is 0.466 e. The van der Waals surface area contributed by atoms with Crippen LogP contribution in [0.5, 0.6) is 0 Å². The highest BCUT2D eigenvalue weighted by Crippen LogP contribution is 2.40. The number of rotatable bonds is 2. The monoisotopic (exact) mass is 348 g/mol. The molecule has 5 nitrogen and oxygen atoms in total. The van der Waals surface area contributed by atoms with Crippen LogP contribution < -0.4 is 0 Å². The first-order chi connectivity index (χ1) is 9.99. The number of ether oxygens (including phenoxy) is 2. The van der Waals surface area contributed by atoms with Crippen LogP contribution in [0.4, 0.5) is 0 Å². The van der Waals surface area contributed by atoms with Gasteiger partial charge < -0.3 is 9.47 Å². The molecule has 2 rings (SSSR count). The molecular formula is C15H13BrN2O3. The zero-order chi connectivity index (χ0) is 15.6. The second kappa shape index (κ2) is 6.10. The van der Waals surface area contributed by atoms with E-state index in [4.69, 9.17) is 14.9 Å². The van der Waals surface area contributed by atoms with Gasteiger partial charge in [0.15, 0.2) is 0 Å². The Morgan fingerprint density at radius 3 is 2.81 bits per heavy atom. The molecule has 1 aliphatic heterocycles. The SMILES string of the molecule is COC(=O)C1=C(C)OC(=N)C(C#N)C1c1cccc(Br)c1. The molecule has 0 aromatic heterocycles. The Morgan fingerprint density at radius 2 is 2.24 bits per heavy atom. The summed E-state index contributed by atoms with van der Waals surface area (Å²) in [4.78, 5) is 12.1. The van der Waals surface area contributed by atoms with Crippen molar-refractivity contribution >= 4 is 27.8 Å². The third-order valence-corrected chi connectivity index (χ3v) is 3.81. The minimum absolute atomic E-state index is 0.160. The molecule has 0 fully saturated rings. The number of nitriles is 1. The van der Waals surface area contributed by atoms with Crippen molar-refractivity contribution in [2.75, 3.05) is 7.11 Å². The first kappa shape index (κ1) is 15.3. The maximum absolute atomic E-state index is 12.1. The number of benzene rings is 1. The fourth-order valence-corrected chi connectivity index (χ4v) is 2.81. The first-order valence-electron chi connectivity index (χ1n) is 6.20. The molecule has 0 aliphatic carbocycles. The van der Waals surface area contributed by atoms with Crippen molar-refractivity contribution in [1.82, 2.24) is 0 Å². The number of nitrogens with one attached hydrogen (secondary N) is 1. The number of nitrogens with zero attached hydrogens (tertiary/aromatic N) is 1. The molecule has 0 spiro atoms. The first-order valence-corrected chi connectivity index (χ1v) is 6.99. The summed E-state index contributed by atoms with van der Waals surface area (Å²) in [5, 5.41) is 17.2. The van der Waals surface area contributed by atoms with Crippen LogP contribution in [-0.2, 0) is 14.3 Å². The molecule has 1 aromatic carbocycles. The molecule has 108 valence electrons. The zero-order valence-corrected chi connectivity index (χ0v) is 13.1. The molecule has 0 amide bonds. The van der Waals surface area contributed by atoms with Gasteiger partial charge in [0.25, 0.3) is 0 Å². The summed E-state index contributed by atoms with van der Waals surface area (Å²) < 4.78 is 10.9. The van der Waals surface area contributed by atoms with Crippen molar-refractivity contribution in [3.8, 4) is 6.07 Å². The van der Waals surface area contributed by atoms with Gasteiger partial charge in [-0.25, -0.2) is 4.79 Å². The van der Waals surface area contributed by atoms with Crippen LogP contribution in [0.2, 0.25) is 0 Å². The van der Waals surface area contributed by atoms with E-state index in [2.05, 4.69) is 15.9 Å². The molecule has 1 aliphatic rings. The van der Waals surface area contributed by atoms with Gasteiger partial charge in [-0.05, 0) is 24.6 Å². The van der Waals surface area contributed by atoms with Gasteiger partial charge in [-0.3, -0.25) is 5.41 Å². The second-order valence-corrected chi connectivity index (χ2v) is 5.48. The number of methoxy groups -OCH3 is 1. The van der Waals surface area contributed by atoms with Gasteiger partial charge in [0.05, 0.1) is 18.8 Å². The highest BCUT2D eigenvalue weighted by molar-refractivity contribution is 9.10. The van der Waals surface area contributed by atoms with E-state index >= 15 is 0 Å². The normalized spacial score (nSPS) is 21.5. The van der Waals surface area contributed by atoms with Crippen LogP contribution in [0.25, 0.3) is 0 Å². The Kier molecular flexibility index (Phi) is 4.43. The Morgan fingerprint density at radius 1 is 1.52 bits per heavy atom. The highest BCUT2D eigenvalue weighted by Gasteiger charge is 2.41. The van der Waals surface area contributed by atoms with Gasteiger partial charge in [0.1, 0.15) is 11.7 Å². The van der Waals surface area contributed by atoms with Crippen molar-refractivity contribution in [3.05, 3.63) is 45.6 Å².